The van der Waals surface area contributed by atoms with Gasteiger partial charge in [0, 0.05) is 23.2 Å². The topological polar surface area (TPSA) is 90.5 Å². The number of rotatable bonds is 8. The SMILES string of the molecule is CCOc1ccccc1NC(=O)Cn1c(C)c(Cc2ccccc2)c(=O)n2nc(-c3ccccc3)nc12. The summed E-state index contributed by atoms with van der Waals surface area (Å²) in [5, 5.41) is 7.47. The van der Waals surface area contributed by atoms with E-state index in [1.165, 1.54) is 4.52 Å². The second-order valence-electron chi connectivity index (χ2n) is 8.61. The van der Waals surface area contributed by atoms with Crippen molar-refractivity contribution in [3.05, 3.63) is 112 Å². The number of amides is 1. The van der Waals surface area contributed by atoms with E-state index in [9.17, 15) is 9.59 Å². The van der Waals surface area contributed by atoms with E-state index in [2.05, 4.69) is 15.4 Å². The summed E-state index contributed by atoms with van der Waals surface area (Å²) < 4.78 is 8.69. The minimum Gasteiger partial charge on any atom is -0.492 e. The lowest BCUT2D eigenvalue weighted by atomic mass is 10.0. The van der Waals surface area contributed by atoms with Crippen molar-refractivity contribution >= 4 is 17.4 Å². The number of benzene rings is 3. The van der Waals surface area contributed by atoms with E-state index in [0.29, 0.717) is 47.3 Å². The molecule has 0 fully saturated rings. The smallest absolute Gasteiger partial charge is 0.279 e. The average Bonchev–Trinajstić information content (AvgIpc) is 3.37. The van der Waals surface area contributed by atoms with Gasteiger partial charge in [0.25, 0.3) is 5.56 Å². The lowest BCUT2D eigenvalue weighted by molar-refractivity contribution is -0.116. The molecule has 2 aromatic heterocycles. The molecule has 0 unspecified atom stereocenters. The summed E-state index contributed by atoms with van der Waals surface area (Å²) >= 11 is 0. The van der Waals surface area contributed by atoms with Crippen LogP contribution in [-0.4, -0.2) is 31.7 Å². The van der Waals surface area contributed by atoms with Gasteiger partial charge >= 0.3 is 0 Å². The van der Waals surface area contributed by atoms with Crippen molar-refractivity contribution in [1.29, 1.82) is 0 Å². The molecule has 37 heavy (non-hydrogen) atoms. The number of hydrogen-bond donors (Lipinski definition) is 1. The van der Waals surface area contributed by atoms with E-state index in [0.717, 1.165) is 11.1 Å². The molecule has 0 spiro atoms. The monoisotopic (exact) mass is 493 g/mol. The normalized spacial score (nSPS) is 11.0. The first kappa shape index (κ1) is 24.0. The predicted octanol–water partition coefficient (Wildman–Crippen LogP) is 4.49. The number of carbonyl (C=O) groups is 1. The molecule has 0 atom stereocenters. The van der Waals surface area contributed by atoms with Crippen LogP contribution < -0.4 is 15.6 Å². The molecule has 8 heteroatoms. The van der Waals surface area contributed by atoms with E-state index in [-0.39, 0.29) is 18.0 Å². The van der Waals surface area contributed by atoms with E-state index in [1.807, 2.05) is 92.7 Å². The van der Waals surface area contributed by atoms with Crippen molar-refractivity contribution in [3.63, 3.8) is 0 Å². The van der Waals surface area contributed by atoms with Gasteiger partial charge in [-0.15, -0.1) is 5.10 Å². The van der Waals surface area contributed by atoms with Crippen LogP contribution in [0.5, 0.6) is 5.75 Å². The Morgan fingerprint density at radius 1 is 0.946 bits per heavy atom. The van der Waals surface area contributed by atoms with Crippen molar-refractivity contribution in [3.8, 4) is 17.1 Å². The van der Waals surface area contributed by atoms with Crippen LogP contribution in [-0.2, 0) is 17.8 Å². The lowest BCUT2D eigenvalue weighted by Crippen LogP contribution is -2.29. The van der Waals surface area contributed by atoms with Gasteiger partial charge in [-0.2, -0.15) is 9.50 Å². The Bertz CT molecular complexity index is 1610. The third kappa shape index (κ3) is 4.99. The van der Waals surface area contributed by atoms with Gasteiger partial charge in [0.05, 0.1) is 12.3 Å². The highest BCUT2D eigenvalue weighted by molar-refractivity contribution is 5.92. The molecule has 0 bridgehead atoms. The third-order valence-electron chi connectivity index (χ3n) is 6.14. The van der Waals surface area contributed by atoms with Gasteiger partial charge < -0.3 is 14.6 Å². The lowest BCUT2D eigenvalue weighted by Gasteiger charge is -2.16. The minimum absolute atomic E-state index is 0.0508. The minimum atomic E-state index is -0.268. The predicted molar refractivity (Wildman–Crippen MR) is 143 cm³/mol. The molecule has 0 aliphatic heterocycles. The van der Waals surface area contributed by atoms with Gasteiger partial charge in [-0.25, -0.2) is 0 Å². The fourth-order valence-electron chi connectivity index (χ4n) is 4.30. The molecule has 186 valence electrons. The largest absolute Gasteiger partial charge is 0.492 e. The number of nitrogens with zero attached hydrogens (tertiary/aromatic N) is 4. The van der Waals surface area contributed by atoms with Crippen LogP contribution in [0, 0.1) is 6.92 Å². The second kappa shape index (κ2) is 10.5. The number of nitrogens with one attached hydrogen (secondary N) is 1. The number of anilines is 1. The van der Waals surface area contributed by atoms with Gasteiger partial charge in [-0.05, 0) is 31.5 Å². The Morgan fingerprint density at radius 2 is 1.62 bits per heavy atom. The van der Waals surface area contributed by atoms with Crippen molar-refractivity contribution in [2.75, 3.05) is 11.9 Å². The molecule has 0 saturated carbocycles. The van der Waals surface area contributed by atoms with Gasteiger partial charge in [0.15, 0.2) is 5.82 Å². The molecule has 0 aliphatic rings. The Labute approximate surface area is 214 Å². The first-order valence-corrected chi connectivity index (χ1v) is 12.1. The van der Waals surface area contributed by atoms with Gasteiger partial charge in [0.1, 0.15) is 12.3 Å². The van der Waals surface area contributed by atoms with E-state index >= 15 is 0 Å². The molecule has 2 heterocycles. The summed E-state index contributed by atoms with van der Waals surface area (Å²) in [7, 11) is 0. The summed E-state index contributed by atoms with van der Waals surface area (Å²) in [6, 6.07) is 26.5. The summed E-state index contributed by atoms with van der Waals surface area (Å²) in [5.41, 5.74) is 3.35. The summed E-state index contributed by atoms with van der Waals surface area (Å²) in [5.74, 6) is 1.06. The molecule has 0 radical (unpaired) electrons. The standard InChI is InChI=1S/C29H27N5O3/c1-3-37-25-17-11-10-16-24(25)30-26(35)19-33-20(2)23(18-21-12-6-4-7-13-21)28(36)34-29(33)31-27(32-34)22-14-8-5-9-15-22/h4-17H,3,18-19H2,1-2H3,(H,30,35). The van der Waals surface area contributed by atoms with Crippen LogP contribution in [0.1, 0.15) is 23.7 Å². The van der Waals surface area contributed by atoms with E-state index < -0.39 is 0 Å². The molecule has 0 saturated heterocycles. The van der Waals surface area contributed by atoms with Crippen LogP contribution in [0.2, 0.25) is 0 Å². The Kier molecular flexibility index (Phi) is 6.81. The fourth-order valence-corrected chi connectivity index (χ4v) is 4.30. The zero-order valence-electron chi connectivity index (χ0n) is 20.7. The average molecular weight is 494 g/mol. The number of para-hydroxylation sites is 2. The maximum atomic E-state index is 13.6. The van der Waals surface area contributed by atoms with Crippen LogP contribution >= 0.6 is 0 Å². The molecule has 1 N–H and O–H groups in total. The Morgan fingerprint density at radius 3 is 2.35 bits per heavy atom. The number of aromatic nitrogens is 4. The Balaban J connectivity index is 1.59. The zero-order chi connectivity index (χ0) is 25.8. The molecule has 3 aromatic carbocycles. The number of fused-ring (bicyclic) bond motifs is 1. The maximum absolute atomic E-state index is 13.6. The zero-order valence-corrected chi connectivity index (χ0v) is 20.7. The quantitative estimate of drug-likeness (QED) is 0.344. The second-order valence-corrected chi connectivity index (χ2v) is 8.61. The third-order valence-corrected chi connectivity index (χ3v) is 6.14. The fraction of sp³-hybridized carbons (Fsp3) is 0.172. The molecule has 5 rings (SSSR count). The van der Waals surface area contributed by atoms with E-state index in [1.54, 1.807) is 10.6 Å². The summed E-state index contributed by atoms with van der Waals surface area (Å²) in [6.45, 7) is 4.17. The molecule has 1 amide bonds. The number of hydrogen-bond acceptors (Lipinski definition) is 5. The molecular weight excluding hydrogens is 466 g/mol. The van der Waals surface area contributed by atoms with Gasteiger partial charge in [-0.1, -0.05) is 72.8 Å². The highest BCUT2D eigenvalue weighted by Crippen LogP contribution is 2.24. The van der Waals surface area contributed by atoms with Crippen molar-refractivity contribution in [2.45, 2.75) is 26.8 Å². The molecule has 0 aliphatic carbocycles. The van der Waals surface area contributed by atoms with Crippen LogP contribution in [0.3, 0.4) is 0 Å². The maximum Gasteiger partial charge on any atom is 0.279 e. The van der Waals surface area contributed by atoms with Crippen molar-refractivity contribution in [1.82, 2.24) is 19.2 Å². The number of ether oxygens (including phenoxy) is 1. The van der Waals surface area contributed by atoms with Crippen molar-refractivity contribution in [2.24, 2.45) is 0 Å². The van der Waals surface area contributed by atoms with Gasteiger partial charge in [0.2, 0.25) is 11.7 Å². The highest BCUT2D eigenvalue weighted by atomic mass is 16.5. The first-order valence-electron chi connectivity index (χ1n) is 12.1. The van der Waals surface area contributed by atoms with Crippen molar-refractivity contribution < 1.29 is 9.53 Å². The first-order chi connectivity index (χ1) is 18.0. The molecule has 5 aromatic rings. The molecular formula is C29H27N5O3. The van der Waals surface area contributed by atoms with Crippen LogP contribution in [0.4, 0.5) is 5.69 Å². The van der Waals surface area contributed by atoms with Crippen LogP contribution in [0.25, 0.3) is 17.2 Å². The Hall–Kier alpha value is -4.72. The molecule has 8 nitrogen and oxygen atoms in total. The van der Waals surface area contributed by atoms with Crippen LogP contribution in [0.15, 0.2) is 89.7 Å². The van der Waals surface area contributed by atoms with Gasteiger partial charge in [-0.3, -0.25) is 9.59 Å². The highest BCUT2D eigenvalue weighted by Gasteiger charge is 2.21. The number of carbonyl (C=O) groups excluding carboxylic acids is 1. The summed E-state index contributed by atoms with van der Waals surface area (Å²) in [4.78, 5) is 31.5. The summed E-state index contributed by atoms with van der Waals surface area (Å²) in [6.07, 6.45) is 0.413. The van der Waals surface area contributed by atoms with E-state index in [4.69, 9.17) is 4.74 Å².